The van der Waals surface area contributed by atoms with Gasteiger partial charge in [-0.25, -0.2) is 13.2 Å². The van der Waals surface area contributed by atoms with E-state index in [0.717, 1.165) is 10.4 Å². The van der Waals surface area contributed by atoms with E-state index in [-0.39, 0.29) is 28.6 Å². The van der Waals surface area contributed by atoms with Crippen LogP contribution in [0.15, 0.2) is 23.1 Å². The van der Waals surface area contributed by atoms with Crippen molar-refractivity contribution < 1.29 is 18.3 Å². The van der Waals surface area contributed by atoms with Crippen LogP contribution in [-0.4, -0.2) is 36.9 Å². The van der Waals surface area contributed by atoms with Crippen molar-refractivity contribution in [3.8, 4) is 12.3 Å². The van der Waals surface area contributed by atoms with Gasteiger partial charge in [-0.15, -0.1) is 6.42 Å². The van der Waals surface area contributed by atoms with Crippen LogP contribution in [0.1, 0.15) is 23.7 Å². The first-order valence-corrected chi connectivity index (χ1v) is 7.62. The molecule has 1 rings (SSSR count). The van der Waals surface area contributed by atoms with Crippen molar-refractivity contribution in [2.24, 2.45) is 0 Å². The third kappa shape index (κ3) is 3.51. The molecule has 0 spiro atoms. The van der Waals surface area contributed by atoms with Gasteiger partial charge in [0.15, 0.2) is 0 Å². The number of rotatable bonds is 6. The summed E-state index contributed by atoms with van der Waals surface area (Å²) in [5.74, 6) is 0.996. The number of sulfonamides is 1. The van der Waals surface area contributed by atoms with Gasteiger partial charge in [0, 0.05) is 6.54 Å². The largest absolute Gasteiger partial charge is 0.478 e. The van der Waals surface area contributed by atoms with Gasteiger partial charge in [-0.05, 0) is 24.6 Å². The van der Waals surface area contributed by atoms with E-state index in [2.05, 4.69) is 5.92 Å². The van der Waals surface area contributed by atoms with Crippen LogP contribution >= 0.6 is 11.6 Å². The average Bonchev–Trinajstić information content (AvgIpc) is 2.38. The molecule has 1 aromatic carbocycles. The molecule has 0 aliphatic carbocycles. The first kappa shape index (κ1) is 16.5. The zero-order valence-electron chi connectivity index (χ0n) is 10.8. The van der Waals surface area contributed by atoms with E-state index in [1.165, 1.54) is 12.1 Å². The summed E-state index contributed by atoms with van der Waals surface area (Å²) >= 11 is 5.72. The summed E-state index contributed by atoms with van der Waals surface area (Å²) in [5.41, 5.74) is -0.259. The highest BCUT2D eigenvalue weighted by Crippen LogP contribution is 2.23. The summed E-state index contributed by atoms with van der Waals surface area (Å²) in [4.78, 5) is 10.9. The number of nitrogens with zero attached hydrogens (tertiary/aromatic N) is 1. The van der Waals surface area contributed by atoms with E-state index in [1.807, 2.05) is 6.92 Å². The zero-order valence-corrected chi connectivity index (χ0v) is 12.4. The van der Waals surface area contributed by atoms with E-state index >= 15 is 0 Å². The Bertz CT molecular complexity index is 649. The highest BCUT2D eigenvalue weighted by molar-refractivity contribution is 7.89. The maximum atomic E-state index is 12.4. The quantitative estimate of drug-likeness (QED) is 0.815. The Hall–Kier alpha value is -1.55. The lowest BCUT2D eigenvalue weighted by molar-refractivity contribution is 0.0697. The van der Waals surface area contributed by atoms with E-state index in [0.29, 0.717) is 6.42 Å². The smallest absolute Gasteiger partial charge is 0.337 e. The van der Waals surface area contributed by atoms with Gasteiger partial charge in [-0.1, -0.05) is 24.4 Å². The summed E-state index contributed by atoms with van der Waals surface area (Å²) in [6, 6.07) is 3.56. The molecule has 1 N–H and O–H groups in total. The molecule has 0 aromatic heterocycles. The fraction of sp³-hybridized carbons (Fsp3) is 0.308. The number of halogens is 1. The first-order chi connectivity index (χ1) is 9.34. The Kier molecular flexibility index (Phi) is 5.57. The molecule has 0 bridgehead atoms. The Balaban J connectivity index is 3.31. The summed E-state index contributed by atoms with van der Waals surface area (Å²) in [5, 5.41) is 8.96. The molecule has 0 saturated carbocycles. The molecule has 0 aliphatic heterocycles. The Labute approximate surface area is 123 Å². The predicted molar refractivity (Wildman–Crippen MR) is 76.3 cm³/mol. The fourth-order valence-corrected chi connectivity index (χ4v) is 3.28. The van der Waals surface area contributed by atoms with E-state index in [1.54, 1.807) is 0 Å². The van der Waals surface area contributed by atoms with Gasteiger partial charge in [0.25, 0.3) is 0 Å². The minimum absolute atomic E-state index is 0.0181. The van der Waals surface area contributed by atoms with E-state index < -0.39 is 16.0 Å². The van der Waals surface area contributed by atoms with Crippen LogP contribution in [0.25, 0.3) is 0 Å². The Morgan fingerprint density at radius 2 is 2.15 bits per heavy atom. The van der Waals surface area contributed by atoms with Crippen LogP contribution in [0.5, 0.6) is 0 Å². The van der Waals surface area contributed by atoms with Crippen LogP contribution in [0.3, 0.4) is 0 Å². The molecule has 7 heteroatoms. The minimum atomic E-state index is -3.83. The number of hydrogen-bond acceptors (Lipinski definition) is 3. The van der Waals surface area contributed by atoms with Gasteiger partial charge < -0.3 is 5.11 Å². The molecule has 0 heterocycles. The number of benzene rings is 1. The highest BCUT2D eigenvalue weighted by Gasteiger charge is 2.24. The van der Waals surface area contributed by atoms with Crippen LogP contribution in [0.2, 0.25) is 5.02 Å². The van der Waals surface area contributed by atoms with Crippen molar-refractivity contribution in [2.75, 3.05) is 13.1 Å². The standard InChI is InChI=1S/C13H14ClNO4S/c1-3-7-15(8-4-2)20(18,19)10-5-6-12(14)11(9-10)13(16)17/h1,5-6,9H,4,7-8H2,2H3,(H,16,17). The highest BCUT2D eigenvalue weighted by atomic mass is 35.5. The third-order valence-electron chi connectivity index (χ3n) is 2.55. The molecule has 0 unspecified atom stereocenters. The first-order valence-electron chi connectivity index (χ1n) is 5.81. The van der Waals surface area contributed by atoms with Gasteiger partial charge in [-0.2, -0.15) is 4.31 Å². The van der Waals surface area contributed by atoms with Crippen LogP contribution < -0.4 is 0 Å². The molecule has 108 valence electrons. The van der Waals surface area contributed by atoms with Crippen LogP contribution in [0.4, 0.5) is 0 Å². The normalized spacial score (nSPS) is 11.3. The molecule has 0 radical (unpaired) electrons. The Morgan fingerprint density at radius 1 is 1.50 bits per heavy atom. The number of hydrogen-bond donors (Lipinski definition) is 1. The SMILES string of the molecule is C#CCN(CCC)S(=O)(=O)c1ccc(Cl)c(C(=O)O)c1. The molecule has 0 saturated heterocycles. The zero-order chi connectivity index (χ0) is 15.3. The molecular weight excluding hydrogens is 302 g/mol. The van der Waals surface area contributed by atoms with Crippen molar-refractivity contribution in [1.29, 1.82) is 0 Å². The Morgan fingerprint density at radius 3 is 2.65 bits per heavy atom. The van der Waals surface area contributed by atoms with Crippen molar-refractivity contribution in [2.45, 2.75) is 18.2 Å². The van der Waals surface area contributed by atoms with Gasteiger partial charge in [0.2, 0.25) is 10.0 Å². The van der Waals surface area contributed by atoms with E-state index in [4.69, 9.17) is 23.1 Å². The lowest BCUT2D eigenvalue weighted by atomic mass is 10.2. The molecule has 20 heavy (non-hydrogen) atoms. The monoisotopic (exact) mass is 315 g/mol. The maximum absolute atomic E-state index is 12.4. The van der Waals surface area contributed by atoms with Crippen molar-refractivity contribution in [3.05, 3.63) is 28.8 Å². The lowest BCUT2D eigenvalue weighted by Crippen LogP contribution is -2.32. The van der Waals surface area contributed by atoms with Crippen molar-refractivity contribution in [3.63, 3.8) is 0 Å². The van der Waals surface area contributed by atoms with Gasteiger partial charge >= 0.3 is 5.97 Å². The summed E-state index contributed by atoms with van der Waals surface area (Å²) in [7, 11) is -3.83. The second kappa shape index (κ2) is 6.75. The number of terminal acetylenes is 1. The molecule has 5 nitrogen and oxygen atoms in total. The van der Waals surface area contributed by atoms with Gasteiger partial charge in [0.1, 0.15) is 0 Å². The maximum Gasteiger partial charge on any atom is 0.337 e. The van der Waals surface area contributed by atoms with Crippen LogP contribution in [-0.2, 0) is 10.0 Å². The molecular formula is C13H14ClNO4S. The number of carboxylic acids is 1. The predicted octanol–water partition coefficient (Wildman–Crippen LogP) is 2.07. The second-order valence-electron chi connectivity index (χ2n) is 3.99. The van der Waals surface area contributed by atoms with E-state index in [9.17, 15) is 13.2 Å². The lowest BCUT2D eigenvalue weighted by Gasteiger charge is -2.19. The van der Waals surface area contributed by atoms with Crippen LogP contribution in [0, 0.1) is 12.3 Å². The van der Waals surface area contributed by atoms with Gasteiger partial charge in [-0.3, -0.25) is 0 Å². The summed E-state index contributed by atoms with van der Waals surface area (Å²) in [6.07, 6.45) is 5.76. The topological polar surface area (TPSA) is 74.7 Å². The summed E-state index contributed by atoms with van der Waals surface area (Å²) < 4.78 is 25.9. The number of carbonyl (C=O) groups is 1. The minimum Gasteiger partial charge on any atom is -0.478 e. The third-order valence-corrected chi connectivity index (χ3v) is 4.72. The second-order valence-corrected chi connectivity index (χ2v) is 6.33. The van der Waals surface area contributed by atoms with Crippen molar-refractivity contribution in [1.82, 2.24) is 4.31 Å². The molecule has 0 amide bonds. The van der Waals surface area contributed by atoms with Gasteiger partial charge in [0.05, 0.1) is 22.0 Å². The average molecular weight is 316 g/mol. The molecule has 0 fully saturated rings. The number of carboxylic acid groups (broad SMARTS) is 1. The summed E-state index contributed by atoms with van der Waals surface area (Å²) in [6.45, 7) is 2.02. The molecule has 0 aliphatic rings. The molecule has 0 atom stereocenters. The fourth-order valence-electron chi connectivity index (χ4n) is 1.61. The van der Waals surface area contributed by atoms with Crippen molar-refractivity contribution >= 4 is 27.6 Å². The molecule has 1 aromatic rings. The number of aromatic carboxylic acids is 1.